The predicted octanol–water partition coefficient (Wildman–Crippen LogP) is 2.84. The molecule has 94 valence electrons. The van der Waals surface area contributed by atoms with Crippen molar-refractivity contribution in [3.05, 3.63) is 59.3 Å². The Kier molecular flexibility index (Phi) is 3.95. The van der Waals surface area contributed by atoms with Crippen LogP contribution in [0.2, 0.25) is 0 Å². The molecule has 0 amide bonds. The third kappa shape index (κ3) is 2.68. The number of hydrogen-bond acceptors (Lipinski definition) is 3. The summed E-state index contributed by atoms with van der Waals surface area (Å²) in [6.07, 6.45) is 0. The molecule has 0 saturated carbocycles. The first-order chi connectivity index (χ1) is 8.72. The number of pyridine rings is 1. The van der Waals surface area contributed by atoms with Gasteiger partial charge in [-0.15, -0.1) is 0 Å². The number of nitrogens with two attached hydrogens (primary N) is 1. The van der Waals surface area contributed by atoms with Gasteiger partial charge in [-0.05, 0) is 31.0 Å². The van der Waals surface area contributed by atoms with Crippen LogP contribution in [-0.4, -0.2) is 11.6 Å². The minimum Gasteiger partial charge on any atom is -0.478 e. The van der Waals surface area contributed by atoms with E-state index >= 15 is 0 Å². The zero-order valence-electron chi connectivity index (χ0n) is 10.8. The van der Waals surface area contributed by atoms with E-state index in [2.05, 4.69) is 4.98 Å². The molecule has 0 aliphatic heterocycles. The number of aryl methyl sites for hydroxylation is 1. The van der Waals surface area contributed by atoms with E-state index in [0.29, 0.717) is 12.5 Å². The minimum absolute atomic E-state index is 0.144. The van der Waals surface area contributed by atoms with Crippen molar-refractivity contribution in [3.8, 4) is 5.88 Å². The van der Waals surface area contributed by atoms with Gasteiger partial charge in [-0.25, -0.2) is 4.98 Å². The van der Waals surface area contributed by atoms with Crippen molar-refractivity contribution >= 4 is 0 Å². The van der Waals surface area contributed by atoms with Gasteiger partial charge in [0.05, 0.1) is 12.6 Å². The van der Waals surface area contributed by atoms with Crippen LogP contribution < -0.4 is 10.5 Å². The molecule has 0 saturated heterocycles. The second kappa shape index (κ2) is 5.65. The molecule has 3 heteroatoms. The Balaban J connectivity index is 2.28. The number of nitrogens with zero attached hydrogens (tertiary/aromatic N) is 1. The van der Waals surface area contributed by atoms with Crippen molar-refractivity contribution in [3.63, 3.8) is 0 Å². The van der Waals surface area contributed by atoms with E-state index in [1.54, 1.807) is 0 Å². The molecular weight excluding hydrogens is 224 g/mol. The first-order valence-electron chi connectivity index (χ1n) is 6.13. The van der Waals surface area contributed by atoms with Crippen LogP contribution in [0.5, 0.6) is 5.88 Å². The van der Waals surface area contributed by atoms with Crippen LogP contribution >= 0.6 is 0 Å². The monoisotopic (exact) mass is 242 g/mol. The second-order valence-electron chi connectivity index (χ2n) is 4.15. The van der Waals surface area contributed by atoms with Crippen LogP contribution in [-0.2, 0) is 0 Å². The zero-order chi connectivity index (χ0) is 13.0. The number of benzene rings is 1. The van der Waals surface area contributed by atoms with Gasteiger partial charge in [0.1, 0.15) is 0 Å². The number of aromatic nitrogens is 1. The average Bonchev–Trinajstić information content (AvgIpc) is 2.40. The topological polar surface area (TPSA) is 48.1 Å². The van der Waals surface area contributed by atoms with E-state index < -0.39 is 0 Å². The van der Waals surface area contributed by atoms with Gasteiger partial charge >= 0.3 is 0 Å². The standard InChI is InChI=1S/C15H18N2O/c1-3-18-14-10-9-13(11(2)17-14)15(16)12-7-5-4-6-8-12/h4-10,15H,3,16H2,1-2H3/t15-/m1/s1. The van der Waals surface area contributed by atoms with E-state index in [1.807, 2.05) is 56.3 Å². The fraction of sp³-hybridized carbons (Fsp3) is 0.267. The fourth-order valence-electron chi connectivity index (χ4n) is 1.95. The summed E-state index contributed by atoms with van der Waals surface area (Å²) in [6, 6.07) is 13.7. The molecule has 1 heterocycles. The van der Waals surface area contributed by atoms with Crippen molar-refractivity contribution in [2.45, 2.75) is 19.9 Å². The van der Waals surface area contributed by atoms with Crippen molar-refractivity contribution in [1.29, 1.82) is 0 Å². The van der Waals surface area contributed by atoms with Crippen LogP contribution in [0.25, 0.3) is 0 Å². The van der Waals surface area contributed by atoms with Gasteiger partial charge < -0.3 is 10.5 Å². The third-order valence-electron chi connectivity index (χ3n) is 2.89. The smallest absolute Gasteiger partial charge is 0.213 e. The average molecular weight is 242 g/mol. The van der Waals surface area contributed by atoms with Gasteiger partial charge in [0.2, 0.25) is 5.88 Å². The summed E-state index contributed by atoms with van der Waals surface area (Å²) < 4.78 is 5.38. The van der Waals surface area contributed by atoms with Crippen molar-refractivity contribution < 1.29 is 4.74 Å². The van der Waals surface area contributed by atoms with E-state index in [-0.39, 0.29) is 6.04 Å². The summed E-state index contributed by atoms with van der Waals surface area (Å²) in [4.78, 5) is 4.41. The molecule has 3 nitrogen and oxygen atoms in total. The molecule has 2 N–H and O–H groups in total. The van der Waals surface area contributed by atoms with Gasteiger partial charge in [-0.3, -0.25) is 0 Å². The van der Waals surface area contributed by atoms with Crippen LogP contribution in [0.1, 0.15) is 29.8 Å². The summed E-state index contributed by atoms with van der Waals surface area (Å²) in [5.74, 6) is 0.652. The van der Waals surface area contributed by atoms with Gasteiger partial charge in [-0.1, -0.05) is 30.3 Å². The van der Waals surface area contributed by atoms with Crippen molar-refractivity contribution in [1.82, 2.24) is 4.98 Å². The molecule has 0 fully saturated rings. The van der Waals surface area contributed by atoms with Gasteiger partial charge in [0.15, 0.2) is 0 Å². The molecule has 2 aromatic rings. The Labute approximate surface area is 108 Å². The van der Waals surface area contributed by atoms with E-state index in [0.717, 1.165) is 16.8 Å². The summed E-state index contributed by atoms with van der Waals surface area (Å²) >= 11 is 0. The maximum absolute atomic E-state index is 6.26. The quantitative estimate of drug-likeness (QED) is 0.896. The van der Waals surface area contributed by atoms with Crippen LogP contribution in [0, 0.1) is 6.92 Å². The van der Waals surface area contributed by atoms with Gasteiger partial charge in [0, 0.05) is 11.8 Å². The highest BCUT2D eigenvalue weighted by molar-refractivity contribution is 5.35. The second-order valence-corrected chi connectivity index (χ2v) is 4.15. The number of rotatable bonds is 4. The molecule has 18 heavy (non-hydrogen) atoms. The Morgan fingerprint density at radius 3 is 2.50 bits per heavy atom. The summed E-state index contributed by atoms with van der Waals surface area (Å²) in [5, 5.41) is 0. The molecule has 2 rings (SSSR count). The fourth-order valence-corrected chi connectivity index (χ4v) is 1.95. The maximum atomic E-state index is 6.26. The molecule has 0 aliphatic carbocycles. The van der Waals surface area contributed by atoms with Crippen molar-refractivity contribution in [2.24, 2.45) is 5.73 Å². The number of hydrogen-bond donors (Lipinski definition) is 1. The Morgan fingerprint density at radius 1 is 1.17 bits per heavy atom. The zero-order valence-corrected chi connectivity index (χ0v) is 10.8. The first-order valence-corrected chi connectivity index (χ1v) is 6.13. The van der Waals surface area contributed by atoms with E-state index in [1.165, 1.54) is 0 Å². The highest BCUT2D eigenvalue weighted by Crippen LogP contribution is 2.23. The van der Waals surface area contributed by atoms with Crippen LogP contribution in [0.15, 0.2) is 42.5 Å². The largest absolute Gasteiger partial charge is 0.478 e. The summed E-state index contributed by atoms with van der Waals surface area (Å²) in [7, 11) is 0. The van der Waals surface area contributed by atoms with Crippen molar-refractivity contribution in [2.75, 3.05) is 6.61 Å². The highest BCUT2D eigenvalue weighted by Gasteiger charge is 2.12. The van der Waals surface area contributed by atoms with Gasteiger partial charge in [0.25, 0.3) is 0 Å². The molecular formula is C15H18N2O. The lowest BCUT2D eigenvalue weighted by Gasteiger charge is -2.15. The lowest BCUT2D eigenvalue weighted by molar-refractivity contribution is 0.326. The Morgan fingerprint density at radius 2 is 1.89 bits per heavy atom. The highest BCUT2D eigenvalue weighted by atomic mass is 16.5. The van der Waals surface area contributed by atoms with E-state index in [4.69, 9.17) is 10.5 Å². The molecule has 1 aromatic heterocycles. The molecule has 0 unspecified atom stereocenters. The molecule has 1 aromatic carbocycles. The Hall–Kier alpha value is -1.87. The minimum atomic E-state index is -0.144. The third-order valence-corrected chi connectivity index (χ3v) is 2.89. The van der Waals surface area contributed by atoms with Crippen LogP contribution in [0.4, 0.5) is 0 Å². The summed E-state index contributed by atoms with van der Waals surface area (Å²) in [6.45, 7) is 4.53. The Bertz CT molecular complexity index is 511. The number of ether oxygens (including phenoxy) is 1. The van der Waals surface area contributed by atoms with Crippen LogP contribution in [0.3, 0.4) is 0 Å². The molecule has 0 radical (unpaired) electrons. The first kappa shape index (κ1) is 12.6. The SMILES string of the molecule is CCOc1ccc([C@H](N)c2ccccc2)c(C)n1. The van der Waals surface area contributed by atoms with E-state index in [9.17, 15) is 0 Å². The maximum Gasteiger partial charge on any atom is 0.213 e. The molecule has 0 bridgehead atoms. The molecule has 1 atom stereocenters. The van der Waals surface area contributed by atoms with Gasteiger partial charge in [-0.2, -0.15) is 0 Å². The lowest BCUT2D eigenvalue weighted by atomic mass is 9.99. The molecule has 0 aliphatic rings. The summed E-state index contributed by atoms with van der Waals surface area (Å²) in [5.41, 5.74) is 9.30. The normalized spacial score (nSPS) is 12.2. The predicted molar refractivity (Wildman–Crippen MR) is 72.6 cm³/mol. The molecule has 0 spiro atoms. The lowest BCUT2D eigenvalue weighted by Crippen LogP contribution is -2.14.